The van der Waals surface area contributed by atoms with Gasteiger partial charge in [0.15, 0.2) is 0 Å². The van der Waals surface area contributed by atoms with Gasteiger partial charge in [0.1, 0.15) is 0 Å². The summed E-state index contributed by atoms with van der Waals surface area (Å²) in [6.45, 7) is 8.00. The Balaban J connectivity index is 3.10. The molecule has 1 amide bonds. The highest BCUT2D eigenvalue weighted by atomic mass is 16.2. The molecule has 0 aromatic rings. The molecule has 1 rings (SSSR count). The average Bonchev–Trinajstić information content (AvgIpc) is 2.29. The number of carbonyl (C=O) groups is 1. The Bertz CT molecular complexity index is 269. The first-order valence-corrected chi connectivity index (χ1v) is 4.16. The van der Waals surface area contributed by atoms with Crippen LogP contribution in [0.2, 0.25) is 0 Å². The van der Waals surface area contributed by atoms with Gasteiger partial charge in [0.25, 0.3) is 5.91 Å². The molecule has 0 radical (unpaired) electrons. The van der Waals surface area contributed by atoms with E-state index in [1.807, 2.05) is 27.7 Å². The molecule has 3 nitrogen and oxygen atoms in total. The number of carbonyl (C=O) groups excluding carboxylic acids is 1. The molecule has 3 heteroatoms. The van der Waals surface area contributed by atoms with Crippen LogP contribution < -0.4 is 0 Å². The minimum Gasteiger partial charge on any atom is -0.265 e. The lowest BCUT2D eigenvalue weighted by Crippen LogP contribution is -2.15. The van der Waals surface area contributed by atoms with Gasteiger partial charge in [0.05, 0.1) is 5.70 Å². The van der Waals surface area contributed by atoms with Crippen molar-refractivity contribution in [3.63, 3.8) is 0 Å². The van der Waals surface area contributed by atoms with Crippen molar-refractivity contribution >= 4 is 5.91 Å². The van der Waals surface area contributed by atoms with E-state index in [-0.39, 0.29) is 11.3 Å². The Morgan fingerprint density at radius 3 is 2.17 bits per heavy atom. The maximum Gasteiger partial charge on any atom is 0.293 e. The Morgan fingerprint density at radius 1 is 1.25 bits per heavy atom. The molecule has 66 valence electrons. The number of amides is 1. The van der Waals surface area contributed by atoms with Gasteiger partial charge in [-0.15, -0.1) is 5.11 Å². The Morgan fingerprint density at radius 2 is 1.83 bits per heavy atom. The van der Waals surface area contributed by atoms with Gasteiger partial charge in [-0.05, 0) is 11.8 Å². The van der Waals surface area contributed by atoms with Crippen LogP contribution in [-0.4, -0.2) is 5.91 Å². The molecule has 12 heavy (non-hydrogen) atoms. The fourth-order valence-corrected chi connectivity index (χ4v) is 1.33. The van der Waals surface area contributed by atoms with Crippen LogP contribution in [0, 0.1) is 5.41 Å². The molecule has 0 N–H and O–H groups in total. The molecule has 0 saturated carbocycles. The summed E-state index contributed by atoms with van der Waals surface area (Å²) in [6.07, 6.45) is 0.780. The van der Waals surface area contributed by atoms with Crippen molar-refractivity contribution in [1.29, 1.82) is 0 Å². The average molecular weight is 166 g/mol. The zero-order valence-corrected chi connectivity index (χ0v) is 8.01. The zero-order valence-electron chi connectivity index (χ0n) is 8.01. The molecular weight excluding hydrogens is 152 g/mol. The number of hydrogen-bond donors (Lipinski definition) is 0. The van der Waals surface area contributed by atoms with E-state index in [4.69, 9.17) is 0 Å². The van der Waals surface area contributed by atoms with E-state index in [0.29, 0.717) is 0 Å². The number of rotatable bonds is 1. The van der Waals surface area contributed by atoms with Crippen molar-refractivity contribution in [1.82, 2.24) is 0 Å². The van der Waals surface area contributed by atoms with Gasteiger partial charge in [-0.1, -0.05) is 27.7 Å². The van der Waals surface area contributed by atoms with E-state index >= 15 is 0 Å². The largest absolute Gasteiger partial charge is 0.293 e. The first-order valence-electron chi connectivity index (χ1n) is 4.16. The number of allylic oxidation sites excluding steroid dienone is 1. The van der Waals surface area contributed by atoms with Crippen molar-refractivity contribution in [2.45, 2.75) is 34.1 Å². The van der Waals surface area contributed by atoms with Crippen molar-refractivity contribution < 1.29 is 4.79 Å². The predicted octanol–water partition coefficient (Wildman–Crippen LogP) is 2.69. The molecule has 0 fully saturated rings. The molecule has 0 saturated heterocycles. The van der Waals surface area contributed by atoms with Crippen molar-refractivity contribution in [3.8, 4) is 0 Å². The van der Waals surface area contributed by atoms with Gasteiger partial charge in [0, 0.05) is 5.57 Å². The van der Waals surface area contributed by atoms with Crippen molar-refractivity contribution in [3.05, 3.63) is 11.3 Å². The molecule has 1 heterocycles. The van der Waals surface area contributed by atoms with E-state index < -0.39 is 0 Å². The van der Waals surface area contributed by atoms with Crippen LogP contribution >= 0.6 is 0 Å². The lowest BCUT2D eigenvalue weighted by Gasteiger charge is -2.18. The maximum atomic E-state index is 11.3. The Kier molecular flexibility index (Phi) is 2.13. The normalized spacial score (nSPS) is 17.8. The van der Waals surface area contributed by atoms with Crippen molar-refractivity contribution in [2.75, 3.05) is 0 Å². The molecule has 0 unspecified atom stereocenters. The standard InChI is InChI=1S/C9H14N2O/c1-5-6-7(9(2,3)4)8(12)11-10-6/h5H2,1-4H3. The highest BCUT2D eigenvalue weighted by Crippen LogP contribution is 2.34. The van der Waals surface area contributed by atoms with Gasteiger partial charge < -0.3 is 0 Å². The summed E-state index contributed by atoms with van der Waals surface area (Å²) in [5.41, 5.74) is 1.48. The summed E-state index contributed by atoms with van der Waals surface area (Å²) < 4.78 is 0. The van der Waals surface area contributed by atoms with E-state index in [2.05, 4.69) is 10.2 Å². The topological polar surface area (TPSA) is 41.8 Å². The third-order valence-electron chi connectivity index (χ3n) is 1.85. The number of azo groups is 1. The fraction of sp³-hybridized carbons (Fsp3) is 0.667. The summed E-state index contributed by atoms with van der Waals surface area (Å²) in [5, 5.41) is 7.39. The van der Waals surface area contributed by atoms with Gasteiger partial charge in [-0.2, -0.15) is 5.11 Å². The summed E-state index contributed by atoms with van der Waals surface area (Å²) >= 11 is 0. The molecule has 0 aromatic heterocycles. The second-order valence-electron chi connectivity index (χ2n) is 3.93. The third kappa shape index (κ3) is 1.44. The summed E-state index contributed by atoms with van der Waals surface area (Å²) in [6, 6.07) is 0. The van der Waals surface area contributed by atoms with Crippen molar-refractivity contribution in [2.24, 2.45) is 15.6 Å². The second kappa shape index (κ2) is 2.81. The van der Waals surface area contributed by atoms with Crippen LogP contribution in [0.5, 0.6) is 0 Å². The molecule has 0 spiro atoms. The zero-order chi connectivity index (χ0) is 9.35. The van der Waals surface area contributed by atoms with E-state index in [1.165, 1.54) is 0 Å². The van der Waals surface area contributed by atoms with Crippen LogP contribution in [0.15, 0.2) is 21.5 Å². The predicted molar refractivity (Wildman–Crippen MR) is 46.6 cm³/mol. The molecule has 0 aromatic carbocycles. The Labute approximate surface area is 72.6 Å². The molecule has 1 aliphatic heterocycles. The van der Waals surface area contributed by atoms with Crippen LogP contribution in [0.3, 0.4) is 0 Å². The van der Waals surface area contributed by atoms with E-state index in [1.54, 1.807) is 0 Å². The number of nitrogens with zero attached hydrogens (tertiary/aromatic N) is 2. The quantitative estimate of drug-likeness (QED) is 0.590. The maximum absolute atomic E-state index is 11.3. The minimum absolute atomic E-state index is 0.133. The molecule has 1 aliphatic rings. The fourth-order valence-electron chi connectivity index (χ4n) is 1.33. The van der Waals surface area contributed by atoms with Gasteiger partial charge in [-0.3, -0.25) is 4.79 Å². The second-order valence-corrected chi connectivity index (χ2v) is 3.93. The molecule has 0 bridgehead atoms. The third-order valence-corrected chi connectivity index (χ3v) is 1.85. The van der Waals surface area contributed by atoms with Crippen LogP contribution in [0.1, 0.15) is 34.1 Å². The minimum atomic E-state index is -0.167. The summed E-state index contributed by atoms with van der Waals surface area (Å²) in [7, 11) is 0. The summed E-state index contributed by atoms with van der Waals surface area (Å²) in [5.74, 6) is -0.167. The molecule has 0 aliphatic carbocycles. The van der Waals surface area contributed by atoms with Crippen LogP contribution in [0.4, 0.5) is 0 Å². The van der Waals surface area contributed by atoms with Crippen LogP contribution in [-0.2, 0) is 4.79 Å². The molecule has 0 atom stereocenters. The Hall–Kier alpha value is -0.990. The highest BCUT2D eigenvalue weighted by molar-refractivity contribution is 5.97. The SMILES string of the molecule is CCC1=C(C(C)(C)C)C(=O)N=N1. The van der Waals surface area contributed by atoms with Gasteiger partial charge >= 0.3 is 0 Å². The first-order chi connectivity index (χ1) is 5.46. The van der Waals surface area contributed by atoms with Gasteiger partial charge in [-0.25, -0.2) is 0 Å². The van der Waals surface area contributed by atoms with Gasteiger partial charge in [0.2, 0.25) is 0 Å². The van der Waals surface area contributed by atoms with E-state index in [0.717, 1.165) is 17.7 Å². The molecular formula is C9H14N2O. The summed E-state index contributed by atoms with van der Waals surface area (Å²) in [4.78, 5) is 11.3. The van der Waals surface area contributed by atoms with Crippen LogP contribution in [0.25, 0.3) is 0 Å². The lowest BCUT2D eigenvalue weighted by atomic mass is 9.84. The monoisotopic (exact) mass is 166 g/mol. The smallest absolute Gasteiger partial charge is 0.265 e. The number of hydrogen-bond acceptors (Lipinski definition) is 2. The first kappa shape index (κ1) is 9.10. The lowest BCUT2D eigenvalue weighted by molar-refractivity contribution is -0.115. The van der Waals surface area contributed by atoms with E-state index in [9.17, 15) is 4.79 Å². The highest BCUT2D eigenvalue weighted by Gasteiger charge is 2.30.